The number of piperidine rings is 1. The minimum absolute atomic E-state index is 0.0636. The Hall–Kier alpha value is -1.79. The largest absolute Gasteiger partial charge is 0.489 e. The van der Waals surface area contributed by atoms with Crippen molar-refractivity contribution in [1.82, 2.24) is 15.5 Å². The van der Waals surface area contributed by atoms with Crippen molar-refractivity contribution in [3.05, 3.63) is 29.8 Å². The normalized spacial score (nSPS) is 17.6. The van der Waals surface area contributed by atoms with Crippen LogP contribution in [0.3, 0.4) is 0 Å². The number of ether oxygens (including phenoxy) is 2. The molecular formula is C21H36N4O2. The zero-order valence-electron chi connectivity index (χ0n) is 17.3. The predicted molar refractivity (Wildman–Crippen MR) is 112 cm³/mol. The van der Waals surface area contributed by atoms with Gasteiger partial charge >= 0.3 is 0 Å². The Morgan fingerprint density at radius 3 is 2.67 bits per heavy atom. The molecule has 1 atom stereocenters. The molecule has 0 saturated carbocycles. The second kappa shape index (κ2) is 11.8. The summed E-state index contributed by atoms with van der Waals surface area (Å²) in [7, 11) is 3.58. The third kappa shape index (κ3) is 7.77. The maximum absolute atomic E-state index is 6.02. The summed E-state index contributed by atoms with van der Waals surface area (Å²) in [6, 6.07) is 8.11. The van der Waals surface area contributed by atoms with Crippen LogP contribution in [0.15, 0.2) is 29.3 Å². The lowest BCUT2D eigenvalue weighted by atomic mass is 9.97. The van der Waals surface area contributed by atoms with Crippen LogP contribution in [0.2, 0.25) is 0 Å². The summed E-state index contributed by atoms with van der Waals surface area (Å²) < 4.78 is 11.2. The highest BCUT2D eigenvalue weighted by molar-refractivity contribution is 5.79. The second-order valence-corrected chi connectivity index (χ2v) is 7.31. The number of benzene rings is 1. The summed E-state index contributed by atoms with van der Waals surface area (Å²) in [6.07, 6.45) is 2.51. The molecule has 6 nitrogen and oxygen atoms in total. The summed E-state index contributed by atoms with van der Waals surface area (Å²) in [5, 5.41) is 6.84. The molecule has 1 fully saturated rings. The van der Waals surface area contributed by atoms with E-state index < -0.39 is 0 Å². The van der Waals surface area contributed by atoms with Gasteiger partial charge in [0.25, 0.3) is 0 Å². The first-order valence-electron chi connectivity index (χ1n) is 10.0. The third-order valence-electron chi connectivity index (χ3n) is 5.08. The zero-order valence-corrected chi connectivity index (χ0v) is 17.3. The molecule has 0 aliphatic carbocycles. The van der Waals surface area contributed by atoms with Crippen molar-refractivity contribution in [3.8, 4) is 5.75 Å². The van der Waals surface area contributed by atoms with Gasteiger partial charge in [-0.05, 0) is 57.3 Å². The lowest BCUT2D eigenvalue weighted by molar-refractivity contribution is 0.121. The molecule has 0 aromatic heterocycles. The Kier molecular flexibility index (Phi) is 9.42. The Morgan fingerprint density at radius 2 is 2.00 bits per heavy atom. The first kappa shape index (κ1) is 21.5. The van der Waals surface area contributed by atoms with E-state index in [9.17, 15) is 0 Å². The number of hydrogen-bond donors (Lipinski definition) is 2. The molecule has 6 heteroatoms. The fourth-order valence-corrected chi connectivity index (χ4v) is 3.28. The number of aliphatic imine (C=N–C) groups is 1. The first-order valence-corrected chi connectivity index (χ1v) is 10.0. The van der Waals surface area contributed by atoms with Crippen molar-refractivity contribution in [1.29, 1.82) is 0 Å². The number of hydrogen-bond acceptors (Lipinski definition) is 4. The van der Waals surface area contributed by atoms with E-state index in [-0.39, 0.29) is 6.10 Å². The quantitative estimate of drug-likeness (QED) is 0.512. The average Bonchev–Trinajstić information content (AvgIpc) is 2.69. The molecule has 2 N–H and O–H groups in total. The predicted octanol–water partition coefficient (Wildman–Crippen LogP) is 2.29. The van der Waals surface area contributed by atoms with Gasteiger partial charge < -0.3 is 25.0 Å². The van der Waals surface area contributed by atoms with Crippen LogP contribution in [0.5, 0.6) is 5.75 Å². The maximum Gasteiger partial charge on any atom is 0.191 e. The van der Waals surface area contributed by atoms with E-state index in [1.54, 1.807) is 7.11 Å². The molecular weight excluding hydrogens is 340 g/mol. The highest BCUT2D eigenvalue weighted by atomic mass is 16.5. The van der Waals surface area contributed by atoms with Crippen molar-refractivity contribution < 1.29 is 9.47 Å². The highest BCUT2D eigenvalue weighted by Gasteiger charge is 2.19. The van der Waals surface area contributed by atoms with Crippen LogP contribution in [0.4, 0.5) is 0 Å². The lowest BCUT2D eigenvalue weighted by Gasteiger charge is -2.32. The lowest BCUT2D eigenvalue weighted by Crippen LogP contribution is -2.45. The van der Waals surface area contributed by atoms with Crippen molar-refractivity contribution in [2.45, 2.75) is 32.8 Å². The monoisotopic (exact) mass is 376 g/mol. The highest BCUT2D eigenvalue weighted by Crippen LogP contribution is 2.18. The van der Waals surface area contributed by atoms with E-state index in [0.29, 0.717) is 12.5 Å². The number of nitrogens with zero attached hydrogens (tertiary/aromatic N) is 2. The van der Waals surface area contributed by atoms with Crippen LogP contribution in [-0.4, -0.2) is 70.5 Å². The zero-order chi connectivity index (χ0) is 19.5. The number of guanidine groups is 1. The molecule has 1 aromatic carbocycles. The molecule has 1 heterocycles. The number of aryl methyl sites for hydroxylation is 1. The van der Waals surface area contributed by atoms with Gasteiger partial charge in [-0.15, -0.1) is 0 Å². The van der Waals surface area contributed by atoms with Gasteiger partial charge in [-0.3, -0.25) is 4.99 Å². The Morgan fingerprint density at radius 1 is 1.26 bits per heavy atom. The fourth-order valence-electron chi connectivity index (χ4n) is 3.28. The molecule has 1 aliphatic rings. The van der Waals surface area contributed by atoms with Crippen LogP contribution in [0, 0.1) is 12.8 Å². The fraction of sp³-hybridized carbons (Fsp3) is 0.667. The van der Waals surface area contributed by atoms with Crippen LogP contribution in [0.1, 0.15) is 25.3 Å². The van der Waals surface area contributed by atoms with Gasteiger partial charge in [-0.25, -0.2) is 0 Å². The van der Waals surface area contributed by atoms with E-state index in [1.807, 2.05) is 25.2 Å². The topological polar surface area (TPSA) is 58.1 Å². The number of methoxy groups -OCH3 is 1. The van der Waals surface area contributed by atoms with Crippen LogP contribution >= 0.6 is 0 Å². The van der Waals surface area contributed by atoms with Gasteiger partial charge in [0.05, 0.1) is 13.2 Å². The number of likely N-dealkylation sites (tertiary alicyclic amines) is 1. The van der Waals surface area contributed by atoms with Gasteiger partial charge in [-0.2, -0.15) is 0 Å². The number of rotatable bonds is 9. The molecule has 1 aromatic rings. The number of para-hydroxylation sites is 1. The van der Waals surface area contributed by atoms with Gasteiger partial charge in [0.1, 0.15) is 11.9 Å². The summed E-state index contributed by atoms with van der Waals surface area (Å²) in [5.74, 6) is 2.48. The van der Waals surface area contributed by atoms with E-state index >= 15 is 0 Å². The van der Waals surface area contributed by atoms with Gasteiger partial charge in [0, 0.05) is 27.2 Å². The number of nitrogens with one attached hydrogen (secondary N) is 2. The SMILES string of the molecule is CN=C(NCC1CCN(CCOC)CC1)NCC(C)Oc1ccccc1C. The van der Waals surface area contributed by atoms with E-state index in [2.05, 4.69) is 40.4 Å². The van der Waals surface area contributed by atoms with Crippen molar-refractivity contribution in [2.75, 3.05) is 53.5 Å². The molecule has 0 amide bonds. The Balaban J connectivity index is 1.65. The second-order valence-electron chi connectivity index (χ2n) is 7.31. The van der Waals surface area contributed by atoms with Gasteiger partial charge in [-0.1, -0.05) is 18.2 Å². The Bertz CT molecular complexity index is 571. The summed E-state index contributed by atoms with van der Waals surface area (Å²) in [4.78, 5) is 6.82. The average molecular weight is 377 g/mol. The molecule has 1 aliphatic heterocycles. The minimum atomic E-state index is 0.0636. The van der Waals surface area contributed by atoms with Gasteiger partial charge in [0.2, 0.25) is 0 Å². The maximum atomic E-state index is 6.02. The van der Waals surface area contributed by atoms with E-state index in [1.165, 1.54) is 12.8 Å². The van der Waals surface area contributed by atoms with E-state index in [4.69, 9.17) is 9.47 Å². The molecule has 1 unspecified atom stereocenters. The van der Waals surface area contributed by atoms with E-state index in [0.717, 1.165) is 50.1 Å². The summed E-state index contributed by atoms with van der Waals surface area (Å²) >= 11 is 0. The standard InChI is InChI=1S/C21H36N4O2/c1-17-7-5-6-8-20(17)27-18(2)15-23-21(22-3)24-16-19-9-11-25(12-10-19)13-14-26-4/h5-8,18-19H,9-16H2,1-4H3,(H2,22,23,24). The molecule has 0 bridgehead atoms. The minimum Gasteiger partial charge on any atom is -0.489 e. The molecule has 2 rings (SSSR count). The molecule has 152 valence electrons. The third-order valence-corrected chi connectivity index (χ3v) is 5.08. The first-order chi connectivity index (χ1) is 13.1. The molecule has 0 spiro atoms. The smallest absolute Gasteiger partial charge is 0.191 e. The summed E-state index contributed by atoms with van der Waals surface area (Å²) in [6.45, 7) is 9.99. The van der Waals surface area contributed by atoms with Gasteiger partial charge in [0.15, 0.2) is 5.96 Å². The van der Waals surface area contributed by atoms with Crippen molar-refractivity contribution in [3.63, 3.8) is 0 Å². The van der Waals surface area contributed by atoms with Crippen LogP contribution in [0.25, 0.3) is 0 Å². The Labute approximate surface area is 164 Å². The molecule has 1 saturated heterocycles. The van der Waals surface area contributed by atoms with Crippen molar-refractivity contribution in [2.24, 2.45) is 10.9 Å². The molecule has 0 radical (unpaired) electrons. The van der Waals surface area contributed by atoms with Crippen LogP contribution in [-0.2, 0) is 4.74 Å². The summed E-state index contributed by atoms with van der Waals surface area (Å²) in [5.41, 5.74) is 1.16. The van der Waals surface area contributed by atoms with Crippen molar-refractivity contribution >= 4 is 5.96 Å². The van der Waals surface area contributed by atoms with Crippen LogP contribution < -0.4 is 15.4 Å². The molecule has 27 heavy (non-hydrogen) atoms.